The molecule has 0 bridgehead atoms. The van der Waals surface area contributed by atoms with Crippen LogP contribution in [0.2, 0.25) is 0 Å². The van der Waals surface area contributed by atoms with Crippen molar-refractivity contribution in [2.45, 2.75) is 12.8 Å². The van der Waals surface area contributed by atoms with Gasteiger partial charge in [-0.1, -0.05) is 6.08 Å². The van der Waals surface area contributed by atoms with Gasteiger partial charge in [-0.2, -0.15) is 0 Å². The first-order chi connectivity index (χ1) is 6.33. The fraction of sp³-hybridized carbons (Fsp3) is 0.625. The first-order valence-electron chi connectivity index (χ1n) is 4.25. The minimum absolute atomic E-state index is 0.106. The molecule has 1 aliphatic heterocycles. The van der Waals surface area contributed by atoms with Crippen LogP contribution in [0.4, 0.5) is 0 Å². The number of hydrogen-bond donors (Lipinski definition) is 1. The molecule has 0 aromatic carbocycles. The number of carbonyl (C=O) groups is 1. The average molecular weight is 235 g/mol. The van der Waals surface area contributed by atoms with Gasteiger partial charge in [0.2, 0.25) is 5.91 Å². The molecule has 0 spiro atoms. The summed E-state index contributed by atoms with van der Waals surface area (Å²) in [6.45, 7) is 0. The zero-order valence-electron chi connectivity index (χ0n) is 7.41. The number of carbonyl (C=O) groups excluding carboxylic acids is 1. The molecule has 1 heterocycles. The Morgan fingerprint density at radius 1 is 1.54 bits per heavy atom. The zero-order valence-corrected chi connectivity index (χ0v) is 10.2. The Bertz CT molecular complexity index is 200. The van der Waals surface area contributed by atoms with Gasteiger partial charge in [-0.25, -0.2) is 0 Å². The van der Waals surface area contributed by atoms with Gasteiger partial charge < -0.3 is 5.32 Å². The van der Waals surface area contributed by atoms with E-state index in [4.69, 9.17) is 0 Å². The third-order valence-electron chi connectivity index (χ3n) is 1.53. The molecule has 74 valence electrons. The van der Waals surface area contributed by atoms with Crippen molar-refractivity contribution in [1.82, 2.24) is 5.32 Å². The van der Waals surface area contributed by atoms with E-state index < -0.39 is 0 Å². The molecule has 1 rings (SSSR count). The molecule has 1 aliphatic rings. The molecule has 1 saturated heterocycles. The van der Waals surface area contributed by atoms with Gasteiger partial charge in [0.15, 0.2) is 0 Å². The van der Waals surface area contributed by atoms with Crippen molar-refractivity contribution in [3.05, 3.63) is 10.3 Å². The molecule has 1 unspecified atom stereocenters. The zero-order chi connectivity index (χ0) is 9.52. The van der Waals surface area contributed by atoms with Gasteiger partial charge in [-0.3, -0.25) is 4.79 Å². The highest BCUT2D eigenvalue weighted by atomic mass is 32.2. The van der Waals surface area contributed by atoms with Gasteiger partial charge in [0.1, 0.15) is 0 Å². The first kappa shape index (κ1) is 11.4. The highest BCUT2D eigenvalue weighted by Crippen LogP contribution is 2.34. The Hall–Kier alpha value is 0.340. The maximum atomic E-state index is 11.1. The second kappa shape index (κ2) is 6.74. The van der Waals surface area contributed by atoms with E-state index in [1.165, 1.54) is 22.2 Å². The van der Waals surface area contributed by atoms with Crippen molar-refractivity contribution in [2.24, 2.45) is 0 Å². The Morgan fingerprint density at radius 2 is 2.23 bits per heavy atom. The van der Waals surface area contributed by atoms with Crippen molar-refractivity contribution in [2.75, 3.05) is 17.8 Å². The third-order valence-corrected chi connectivity index (χ3v) is 4.33. The maximum Gasteiger partial charge on any atom is 0.224 e. The van der Waals surface area contributed by atoms with E-state index >= 15 is 0 Å². The van der Waals surface area contributed by atoms with Crippen molar-refractivity contribution >= 4 is 38.7 Å². The maximum absolute atomic E-state index is 11.1. The number of hydrogen-bond acceptors (Lipinski definition) is 3. The number of amides is 1. The van der Waals surface area contributed by atoms with Crippen LogP contribution < -0.4 is 5.32 Å². The van der Waals surface area contributed by atoms with Gasteiger partial charge in [-0.15, -0.1) is 32.8 Å². The molecule has 2 nitrogen and oxygen atoms in total. The fourth-order valence-corrected chi connectivity index (χ4v) is 3.55. The standard InChI is InChI=1S/C8H14NOPS2/c10-7(9-6-11)2-3-8-12-4-1-5-13-8/h3H,1-2,4-6,11H2,(H,9,10). The van der Waals surface area contributed by atoms with E-state index in [2.05, 4.69) is 14.6 Å². The predicted octanol–water partition coefficient (Wildman–Crippen LogP) is 2.04. The van der Waals surface area contributed by atoms with Crippen LogP contribution >= 0.6 is 32.8 Å². The van der Waals surface area contributed by atoms with Crippen LogP contribution in [0.1, 0.15) is 12.8 Å². The Balaban J connectivity index is 2.25. The van der Waals surface area contributed by atoms with E-state index in [0.717, 1.165) is 0 Å². The summed E-state index contributed by atoms with van der Waals surface area (Å²) in [5, 5.41) is 2.75. The summed E-state index contributed by atoms with van der Waals surface area (Å²) >= 11 is 3.72. The molecule has 1 fully saturated rings. The molecule has 0 aliphatic carbocycles. The van der Waals surface area contributed by atoms with Gasteiger partial charge in [0.05, 0.1) is 0 Å². The minimum Gasteiger partial charge on any atom is -0.353 e. The Morgan fingerprint density at radius 3 is 2.85 bits per heavy atom. The van der Waals surface area contributed by atoms with Crippen LogP contribution in [0.15, 0.2) is 10.3 Å². The lowest BCUT2D eigenvalue weighted by Gasteiger charge is -2.11. The van der Waals surface area contributed by atoms with Crippen molar-refractivity contribution < 1.29 is 4.79 Å². The van der Waals surface area contributed by atoms with Crippen LogP contribution in [0.25, 0.3) is 0 Å². The van der Waals surface area contributed by atoms with Crippen molar-refractivity contribution in [3.63, 3.8) is 0 Å². The van der Waals surface area contributed by atoms with Crippen LogP contribution in [-0.2, 0) is 4.79 Å². The van der Waals surface area contributed by atoms with Gasteiger partial charge >= 0.3 is 0 Å². The van der Waals surface area contributed by atoms with E-state index in [1.807, 2.05) is 29.6 Å². The molecule has 0 aromatic rings. The van der Waals surface area contributed by atoms with E-state index in [1.54, 1.807) is 0 Å². The molecular formula is C8H14NOPS2. The summed E-state index contributed by atoms with van der Waals surface area (Å²) in [5.41, 5.74) is 0. The van der Waals surface area contributed by atoms with Crippen molar-refractivity contribution in [3.8, 4) is 0 Å². The lowest BCUT2D eigenvalue weighted by molar-refractivity contribution is -0.119. The lowest BCUT2D eigenvalue weighted by atomic mass is 10.4. The number of nitrogens with one attached hydrogen (secondary N) is 1. The number of rotatable bonds is 3. The molecule has 1 amide bonds. The van der Waals surface area contributed by atoms with Crippen LogP contribution in [0.5, 0.6) is 0 Å². The summed E-state index contributed by atoms with van der Waals surface area (Å²) in [6, 6.07) is 0. The van der Waals surface area contributed by atoms with E-state index in [9.17, 15) is 4.79 Å². The fourth-order valence-electron chi connectivity index (χ4n) is 0.926. The largest absolute Gasteiger partial charge is 0.353 e. The van der Waals surface area contributed by atoms with Gasteiger partial charge in [0, 0.05) is 16.9 Å². The molecule has 0 saturated carbocycles. The first-order valence-corrected chi connectivity index (χ1v) is 7.04. The molecule has 13 heavy (non-hydrogen) atoms. The quantitative estimate of drug-likeness (QED) is 0.759. The highest BCUT2D eigenvalue weighted by Gasteiger charge is 2.06. The van der Waals surface area contributed by atoms with Crippen LogP contribution in [0, 0.1) is 0 Å². The molecule has 1 atom stereocenters. The predicted molar refractivity (Wildman–Crippen MR) is 65.0 cm³/mol. The summed E-state index contributed by atoms with van der Waals surface area (Å²) in [4.78, 5) is 11.1. The van der Waals surface area contributed by atoms with Gasteiger partial charge in [-0.05, 0) is 17.9 Å². The van der Waals surface area contributed by atoms with Crippen LogP contribution in [0.3, 0.4) is 0 Å². The summed E-state index contributed by atoms with van der Waals surface area (Å²) < 4.78 is 1.31. The van der Waals surface area contributed by atoms with E-state index in [-0.39, 0.29) is 5.91 Å². The lowest BCUT2D eigenvalue weighted by Crippen LogP contribution is -2.20. The summed E-state index contributed by atoms with van der Waals surface area (Å²) in [5.74, 6) is 2.50. The highest BCUT2D eigenvalue weighted by molar-refractivity contribution is 8.22. The minimum atomic E-state index is 0.106. The topological polar surface area (TPSA) is 29.1 Å². The molecule has 5 heteroatoms. The van der Waals surface area contributed by atoms with Gasteiger partial charge in [0.25, 0.3) is 0 Å². The SMILES string of the molecule is O=C(CC=C1SCCCS1)NCP. The Kier molecular flexibility index (Phi) is 5.92. The second-order valence-electron chi connectivity index (χ2n) is 2.58. The smallest absolute Gasteiger partial charge is 0.224 e. The molecule has 1 N–H and O–H groups in total. The second-order valence-corrected chi connectivity index (χ2v) is 5.52. The Labute approximate surface area is 89.9 Å². The average Bonchev–Trinajstić information content (AvgIpc) is 2.17. The molecule has 0 radical (unpaired) electrons. The number of thioether (sulfide) groups is 2. The summed E-state index contributed by atoms with van der Waals surface area (Å²) in [6.07, 6.45) is 4.47. The monoisotopic (exact) mass is 235 g/mol. The third kappa shape index (κ3) is 4.94. The van der Waals surface area contributed by atoms with E-state index in [0.29, 0.717) is 12.7 Å². The summed E-state index contributed by atoms with van der Waals surface area (Å²) in [7, 11) is 2.48. The molecule has 0 aromatic heterocycles. The van der Waals surface area contributed by atoms with Crippen molar-refractivity contribution in [1.29, 1.82) is 0 Å². The normalized spacial score (nSPS) is 16.8. The van der Waals surface area contributed by atoms with Crippen LogP contribution in [-0.4, -0.2) is 23.7 Å². The molecular weight excluding hydrogens is 221 g/mol.